The van der Waals surface area contributed by atoms with Gasteiger partial charge < -0.3 is 0 Å². The fourth-order valence-electron chi connectivity index (χ4n) is 0.720. The second kappa shape index (κ2) is 3.68. The Morgan fingerprint density at radius 3 is 2.31 bits per heavy atom. The molecule has 0 amide bonds. The van der Waals surface area contributed by atoms with Gasteiger partial charge in [-0.2, -0.15) is 5.10 Å². The molecule has 3 nitrogen and oxygen atoms in total. The van der Waals surface area contributed by atoms with Gasteiger partial charge in [-0.1, -0.05) is 44.0 Å². The highest BCUT2D eigenvalue weighted by Gasteiger charge is 2.19. The number of rotatable bonds is 1. The van der Waals surface area contributed by atoms with Gasteiger partial charge in [0.2, 0.25) is 0 Å². The molecule has 1 aromatic heterocycles. The highest BCUT2D eigenvalue weighted by atomic mass is 35.5. The van der Waals surface area contributed by atoms with Crippen LogP contribution in [0.3, 0.4) is 0 Å². The average Bonchev–Trinajstić information content (AvgIpc) is 2.51. The van der Waals surface area contributed by atoms with Crippen molar-refractivity contribution >= 4 is 28.4 Å². The van der Waals surface area contributed by atoms with Crippen LogP contribution >= 0.6 is 23.2 Å². The molecule has 0 fully saturated rings. The van der Waals surface area contributed by atoms with Gasteiger partial charge in [-0.05, 0) is 0 Å². The van der Waals surface area contributed by atoms with Crippen LogP contribution in [0.2, 0.25) is 0 Å². The molecule has 1 rings (SSSR count). The lowest BCUT2D eigenvalue weighted by Crippen LogP contribution is -2.08. The van der Waals surface area contributed by atoms with Gasteiger partial charge in [-0.3, -0.25) is 0 Å². The molecule has 0 aliphatic carbocycles. The maximum Gasteiger partial charge on any atom is 0.147 e. The van der Waals surface area contributed by atoms with Crippen molar-refractivity contribution in [2.24, 2.45) is 5.41 Å². The third kappa shape index (κ3) is 2.45. The monoisotopic (exact) mass is 219 g/mol. The van der Waals surface area contributed by atoms with Crippen molar-refractivity contribution in [2.75, 3.05) is 0 Å². The van der Waals surface area contributed by atoms with E-state index in [2.05, 4.69) is 10.1 Å². The van der Waals surface area contributed by atoms with Crippen LogP contribution in [-0.2, 0) is 0 Å². The Labute approximate surface area is 87.4 Å². The zero-order valence-electron chi connectivity index (χ0n) is 7.75. The molecule has 0 aliphatic rings. The minimum atomic E-state index is -0.176. The molecule has 5 heteroatoms. The molecule has 0 bridgehead atoms. The summed E-state index contributed by atoms with van der Waals surface area (Å²) in [7, 11) is 0. The minimum Gasteiger partial charge on any atom is -0.223 e. The maximum absolute atomic E-state index is 6.06. The van der Waals surface area contributed by atoms with Crippen LogP contribution in [0.5, 0.6) is 0 Å². The fraction of sp³-hybridized carbons (Fsp3) is 0.500. The van der Waals surface area contributed by atoms with Crippen LogP contribution in [0.25, 0.3) is 5.16 Å². The molecule has 0 atom stereocenters. The summed E-state index contributed by atoms with van der Waals surface area (Å²) in [5, 5.41) is 4.85. The number of halogens is 2. The largest absolute Gasteiger partial charge is 0.223 e. The Balaban J connectivity index is 3.07. The summed E-state index contributed by atoms with van der Waals surface area (Å²) in [5.74, 6) is 0. The summed E-state index contributed by atoms with van der Waals surface area (Å²) >= 11 is 12.0. The summed E-state index contributed by atoms with van der Waals surface area (Å²) in [6.45, 7) is 5.94. The highest BCUT2D eigenvalue weighted by Crippen LogP contribution is 2.34. The Kier molecular flexibility index (Phi) is 2.98. The number of allylic oxidation sites excluding steroid dienone is 1. The highest BCUT2D eigenvalue weighted by molar-refractivity contribution is 6.51. The van der Waals surface area contributed by atoms with E-state index in [1.54, 1.807) is 0 Å². The lowest BCUT2D eigenvalue weighted by Gasteiger charge is -2.18. The zero-order chi connectivity index (χ0) is 10.1. The normalized spacial score (nSPS) is 14.2. The zero-order valence-corrected chi connectivity index (χ0v) is 9.26. The molecule has 72 valence electrons. The molecule has 0 unspecified atom stereocenters. The van der Waals surface area contributed by atoms with Gasteiger partial charge in [0.25, 0.3) is 0 Å². The van der Waals surface area contributed by atoms with Crippen LogP contribution in [0, 0.1) is 5.41 Å². The van der Waals surface area contributed by atoms with Gasteiger partial charge in [0.1, 0.15) is 17.8 Å². The second-order valence-electron chi connectivity index (χ2n) is 3.69. The number of nitrogens with zero attached hydrogens (tertiary/aromatic N) is 3. The van der Waals surface area contributed by atoms with Crippen LogP contribution in [0.1, 0.15) is 20.8 Å². The van der Waals surface area contributed by atoms with Crippen LogP contribution < -0.4 is 0 Å². The van der Waals surface area contributed by atoms with E-state index >= 15 is 0 Å². The van der Waals surface area contributed by atoms with Crippen molar-refractivity contribution in [1.82, 2.24) is 14.8 Å². The molecular weight excluding hydrogens is 209 g/mol. The topological polar surface area (TPSA) is 30.7 Å². The standard InChI is InChI=1S/C8H11Cl2N3/c1-8(2,3)6(9)7(10)13-5-11-4-12-13/h4-5H,1-3H3. The van der Waals surface area contributed by atoms with E-state index in [1.807, 2.05) is 20.8 Å². The van der Waals surface area contributed by atoms with Crippen molar-refractivity contribution in [3.63, 3.8) is 0 Å². The SMILES string of the molecule is CC(C)(C)C(Cl)=C(Cl)n1cncn1. The first kappa shape index (κ1) is 10.5. The van der Waals surface area contributed by atoms with Gasteiger partial charge in [0, 0.05) is 5.41 Å². The fourth-order valence-corrected chi connectivity index (χ4v) is 1.18. The first-order valence-electron chi connectivity index (χ1n) is 3.83. The van der Waals surface area contributed by atoms with E-state index in [4.69, 9.17) is 23.2 Å². The summed E-state index contributed by atoms with van der Waals surface area (Å²) < 4.78 is 1.44. The third-order valence-electron chi connectivity index (χ3n) is 1.46. The molecule has 1 heterocycles. The van der Waals surface area contributed by atoms with Crippen molar-refractivity contribution in [3.8, 4) is 0 Å². The van der Waals surface area contributed by atoms with Crippen molar-refractivity contribution in [1.29, 1.82) is 0 Å². The van der Waals surface area contributed by atoms with Crippen LogP contribution in [-0.4, -0.2) is 14.8 Å². The summed E-state index contributed by atoms with van der Waals surface area (Å²) in [4.78, 5) is 3.78. The molecule has 0 radical (unpaired) electrons. The molecule has 13 heavy (non-hydrogen) atoms. The third-order valence-corrected chi connectivity index (χ3v) is 2.66. The second-order valence-corrected chi connectivity index (χ2v) is 4.43. The summed E-state index contributed by atoms with van der Waals surface area (Å²) in [5.41, 5.74) is -0.176. The Morgan fingerprint density at radius 1 is 1.31 bits per heavy atom. The number of hydrogen-bond acceptors (Lipinski definition) is 2. The van der Waals surface area contributed by atoms with E-state index in [0.717, 1.165) is 0 Å². The maximum atomic E-state index is 6.06. The average molecular weight is 220 g/mol. The van der Waals surface area contributed by atoms with E-state index in [9.17, 15) is 0 Å². The molecule has 0 saturated heterocycles. The Hall–Kier alpha value is -0.540. The summed E-state index contributed by atoms with van der Waals surface area (Å²) in [6.07, 6.45) is 2.92. The lowest BCUT2D eigenvalue weighted by atomic mass is 9.97. The van der Waals surface area contributed by atoms with E-state index in [-0.39, 0.29) is 5.41 Å². The molecule has 0 aromatic carbocycles. The first-order chi connectivity index (χ1) is 5.93. The number of aromatic nitrogens is 3. The van der Waals surface area contributed by atoms with Gasteiger partial charge in [0.15, 0.2) is 0 Å². The molecule has 1 aromatic rings. The van der Waals surface area contributed by atoms with Crippen LogP contribution in [0.15, 0.2) is 17.7 Å². The predicted molar refractivity (Wildman–Crippen MR) is 54.4 cm³/mol. The quantitative estimate of drug-likeness (QED) is 0.728. The van der Waals surface area contributed by atoms with Gasteiger partial charge in [-0.25, -0.2) is 9.67 Å². The molecular formula is C8H11Cl2N3. The van der Waals surface area contributed by atoms with Gasteiger partial charge >= 0.3 is 0 Å². The van der Waals surface area contributed by atoms with E-state index in [1.165, 1.54) is 17.3 Å². The molecule has 0 aliphatic heterocycles. The predicted octanol–water partition coefficient (Wildman–Crippen LogP) is 2.93. The van der Waals surface area contributed by atoms with Crippen molar-refractivity contribution < 1.29 is 0 Å². The smallest absolute Gasteiger partial charge is 0.147 e. The van der Waals surface area contributed by atoms with Gasteiger partial charge in [-0.15, -0.1) is 0 Å². The lowest BCUT2D eigenvalue weighted by molar-refractivity contribution is 0.530. The van der Waals surface area contributed by atoms with Crippen molar-refractivity contribution in [2.45, 2.75) is 20.8 Å². The Morgan fingerprint density at radius 2 is 1.92 bits per heavy atom. The summed E-state index contributed by atoms with van der Waals surface area (Å²) in [6, 6.07) is 0. The van der Waals surface area contributed by atoms with E-state index in [0.29, 0.717) is 10.2 Å². The van der Waals surface area contributed by atoms with Gasteiger partial charge in [0.05, 0.1) is 5.03 Å². The minimum absolute atomic E-state index is 0.176. The molecule has 0 N–H and O–H groups in total. The first-order valence-corrected chi connectivity index (χ1v) is 4.59. The Bertz CT molecular complexity index is 309. The van der Waals surface area contributed by atoms with Crippen LogP contribution in [0.4, 0.5) is 0 Å². The molecule has 0 spiro atoms. The molecule has 0 saturated carbocycles. The van der Waals surface area contributed by atoms with E-state index < -0.39 is 0 Å². The number of hydrogen-bond donors (Lipinski definition) is 0. The van der Waals surface area contributed by atoms with Crippen molar-refractivity contribution in [3.05, 3.63) is 17.7 Å².